The quantitative estimate of drug-likeness (QED) is 0.378. The maximum Gasteiger partial charge on any atom is 0.433 e. The molecule has 0 spiro atoms. The molecule has 0 aliphatic rings. The molecular formula is C17H16FN3O5S. The van der Waals surface area contributed by atoms with Crippen molar-refractivity contribution in [2.45, 2.75) is 13.5 Å². The molecule has 0 aliphatic heterocycles. The number of nitro groups is 1. The van der Waals surface area contributed by atoms with Crippen molar-refractivity contribution in [2.75, 3.05) is 11.9 Å². The van der Waals surface area contributed by atoms with E-state index in [1.165, 1.54) is 48.5 Å². The first-order chi connectivity index (χ1) is 12.8. The summed E-state index contributed by atoms with van der Waals surface area (Å²) >= 11 is 1.15. The second kappa shape index (κ2) is 8.90. The molecule has 10 heteroatoms. The van der Waals surface area contributed by atoms with E-state index >= 15 is 0 Å². The molecule has 0 aliphatic carbocycles. The molecule has 0 aromatic carbocycles. The summed E-state index contributed by atoms with van der Waals surface area (Å²) in [4.78, 5) is 27.4. The molecule has 0 atom stereocenters. The lowest BCUT2D eigenvalue weighted by Crippen LogP contribution is -2.26. The van der Waals surface area contributed by atoms with Gasteiger partial charge in [0.2, 0.25) is 0 Å². The van der Waals surface area contributed by atoms with Crippen LogP contribution in [0.2, 0.25) is 0 Å². The van der Waals surface area contributed by atoms with Crippen molar-refractivity contribution in [1.29, 1.82) is 0 Å². The van der Waals surface area contributed by atoms with Crippen molar-refractivity contribution < 1.29 is 23.3 Å². The highest BCUT2D eigenvalue weighted by Crippen LogP contribution is 2.29. The Morgan fingerprint density at radius 3 is 2.89 bits per heavy atom. The van der Waals surface area contributed by atoms with Gasteiger partial charge in [-0.2, -0.15) is 0 Å². The number of thiazole rings is 1. The zero-order valence-electron chi connectivity index (χ0n) is 14.5. The van der Waals surface area contributed by atoms with Gasteiger partial charge in [0.25, 0.3) is 0 Å². The van der Waals surface area contributed by atoms with E-state index in [0.29, 0.717) is 15.6 Å². The van der Waals surface area contributed by atoms with E-state index in [0.717, 1.165) is 11.3 Å². The minimum Gasteiger partial charge on any atom is -0.441 e. The minimum absolute atomic E-state index is 0.146. The van der Waals surface area contributed by atoms with Crippen molar-refractivity contribution in [3.8, 4) is 0 Å². The largest absolute Gasteiger partial charge is 0.441 e. The molecule has 2 aromatic heterocycles. The average molecular weight is 393 g/mol. The second-order valence-electron chi connectivity index (χ2n) is 5.09. The van der Waals surface area contributed by atoms with Gasteiger partial charge in [-0.15, -0.1) is 0 Å². The van der Waals surface area contributed by atoms with Crippen LogP contribution in [0.3, 0.4) is 0 Å². The summed E-state index contributed by atoms with van der Waals surface area (Å²) in [5.41, 5.74) is 0.478. The smallest absolute Gasteiger partial charge is 0.433 e. The van der Waals surface area contributed by atoms with E-state index in [4.69, 9.17) is 9.15 Å². The van der Waals surface area contributed by atoms with Gasteiger partial charge in [-0.25, -0.2) is 14.2 Å². The van der Waals surface area contributed by atoms with Gasteiger partial charge in [0.05, 0.1) is 12.3 Å². The van der Waals surface area contributed by atoms with Crippen LogP contribution in [0.1, 0.15) is 17.7 Å². The molecule has 1 amide bonds. The van der Waals surface area contributed by atoms with Gasteiger partial charge in [-0.05, 0) is 19.1 Å². The summed E-state index contributed by atoms with van der Waals surface area (Å²) < 4.78 is 23.4. The highest BCUT2D eigenvalue weighted by molar-refractivity contribution is 7.16. The predicted molar refractivity (Wildman–Crippen MR) is 99.1 cm³/mol. The van der Waals surface area contributed by atoms with Gasteiger partial charge in [0, 0.05) is 12.6 Å². The number of aromatic nitrogens is 1. The first kappa shape index (κ1) is 20.0. The van der Waals surface area contributed by atoms with Gasteiger partial charge < -0.3 is 9.15 Å². The lowest BCUT2D eigenvalue weighted by atomic mass is 10.2. The van der Waals surface area contributed by atoms with Crippen molar-refractivity contribution in [1.82, 2.24) is 4.98 Å². The summed E-state index contributed by atoms with van der Waals surface area (Å²) in [6, 6.07) is 2.53. The number of allylic oxidation sites excluding steroid dienone is 5. The van der Waals surface area contributed by atoms with E-state index in [9.17, 15) is 19.3 Å². The third kappa shape index (κ3) is 5.11. The van der Waals surface area contributed by atoms with Crippen molar-refractivity contribution >= 4 is 33.9 Å². The standard InChI is InChI=1S/C17H16FN3O5S/c1-4-11(8-12(18)5-2)16-19-9-15(27-16)20(3)17(22)25-10-13-6-7-14(26-13)21(23)24/h4-9H,1,10H2,2-3H3/b11-8+,12-5+. The molecule has 2 heterocycles. The van der Waals surface area contributed by atoms with Crippen LogP contribution in [0.15, 0.2) is 53.4 Å². The average Bonchev–Trinajstić information content (AvgIpc) is 3.32. The van der Waals surface area contributed by atoms with E-state index in [1.54, 1.807) is 6.92 Å². The van der Waals surface area contributed by atoms with Crippen LogP contribution in [0.5, 0.6) is 0 Å². The van der Waals surface area contributed by atoms with Gasteiger partial charge >= 0.3 is 12.0 Å². The first-order valence-corrected chi connectivity index (χ1v) is 8.43. The van der Waals surface area contributed by atoms with Crippen LogP contribution in [-0.4, -0.2) is 23.0 Å². The number of carbonyl (C=O) groups is 1. The normalized spacial score (nSPS) is 12.0. The molecule has 0 bridgehead atoms. The lowest BCUT2D eigenvalue weighted by molar-refractivity contribution is -0.402. The molecule has 27 heavy (non-hydrogen) atoms. The van der Waals surface area contributed by atoms with E-state index in [2.05, 4.69) is 11.6 Å². The Morgan fingerprint density at radius 1 is 1.56 bits per heavy atom. The van der Waals surface area contributed by atoms with Gasteiger partial charge in [0.1, 0.15) is 26.5 Å². The third-order valence-electron chi connectivity index (χ3n) is 3.30. The second-order valence-corrected chi connectivity index (χ2v) is 6.10. The molecule has 0 saturated carbocycles. The SMILES string of the molecule is C=C/C(=C\C(F)=C/C)c1ncc(N(C)C(=O)OCc2ccc([N+](=O)[O-])o2)s1. The number of halogens is 1. The molecule has 0 fully saturated rings. The number of hydrogen-bond acceptors (Lipinski definition) is 7. The first-order valence-electron chi connectivity index (χ1n) is 7.61. The van der Waals surface area contributed by atoms with Crippen LogP contribution in [-0.2, 0) is 11.3 Å². The van der Waals surface area contributed by atoms with Crippen LogP contribution < -0.4 is 4.90 Å². The summed E-state index contributed by atoms with van der Waals surface area (Å²) in [5.74, 6) is -0.715. The minimum atomic E-state index is -0.701. The number of carbonyl (C=O) groups excluding carboxylic acids is 1. The molecule has 0 radical (unpaired) electrons. The Hall–Kier alpha value is -3.27. The fraction of sp³-hybridized carbons (Fsp3) is 0.176. The molecule has 0 saturated heterocycles. The Labute approximate surface area is 158 Å². The number of anilines is 1. The monoisotopic (exact) mass is 393 g/mol. The summed E-state index contributed by atoms with van der Waals surface area (Å²) in [6.07, 6.45) is 4.81. The van der Waals surface area contributed by atoms with Crippen LogP contribution in [0.4, 0.5) is 20.1 Å². The predicted octanol–water partition coefficient (Wildman–Crippen LogP) is 4.86. The topological polar surface area (TPSA) is 98.7 Å². The maximum atomic E-state index is 13.4. The summed E-state index contributed by atoms with van der Waals surface area (Å²) in [7, 11) is 1.48. The molecule has 142 valence electrons. The number of rotatable bonds is 7. The Bertz CT molecular complexity index is 915. The zero-order chi connectivity index (χ0) is 20.0. The lowest BCUT2D eigenvalue weighted by Gasteiger charge is -2.13. The van der Waals surface area contributed by atoms with Crippen molar-refractivity contribution in [3.05, 3.63) is 69.8 Å². The highest BCUT2D eigenvalue weighted by atomic mass is 32.1. The third-order valence-corrected chi connectivity index (χ3v) is 4.42. The number of furan rings is 1. The summed E-state index contributed by atoms with van der Waals surface area (Å²) in [5, 5.41) is 11.5. The number of amides is 1. The van der Waals surface area contributed by atoms with E-state index in [1.807, 2.05) is 0 Å². The Morgan fingerprint density at radius 2 is 2.30 bits per heavy atom. The van der Waals surface area contributed by atoms with Gasteiger partial charge in [0.15, 0.2) is 6.61 Å². The fourth-order valence-corrected chi connectivity index (χ4v) is 2.74. The Balaban J connectivity index is 2.04. The van der Waals surface area contributed by atoms with Crippen LogP contribution in [0, 0.1) is 10.1 Å². The van der Waals surface area contributed by atoms with Crippen molar-refractivity contribution in [2.24, 2.45) is 0 Å². The molecule has 0 unspecified atom stereocenters. The Kier molecular flexibility index (Phi) is 6.61. The highest BCUT2D eigenvalue weighted by Gasteiger charge is 2.18. The number of ether oxygens (including phenoxy) is 1. The number of nitrogens with zero attached hydrogens (tertiary/aromatic N) is 3. The van der Waals surface area contributed by atoms with Crippen molar-refractivity contribution in [3.63, 3.8) is 0 Å². The maximum absolute atomic E-state index is 13.4. The number of hydrogen-bond donors (Lipinski definition) is 0. The van der Waals surface area contributed by atoms with Gasteiger partial charge in [-0.3, -0.25) is 15.0 Å². The van der Waals surface area contributed by atoms with Crippen LogP contribution in [0.25, 0.3) is 5.57 Å². The molecule has 8 nitrogen and oxygen atoms in total. The molecule has 2 rings (SSSR count). The molecule has 0 N–H and O–H groups in total. The summed E-state index contributed by atoms with van der Waals surface area (Å²) in [6.45, 7) is 4.94. The molecule has 2 aromatic rings. The van der Waals surface area contributed by atoms with Gasteiger partial charge in [-0.1, -0.05) is 30.1 Å². The van der Waals surface area contributed by atoms with Crippen LogP contribution >= 0.6 is 11.3 Å². The molecular weight excluding hydrogens is 377 g/mol. The van der Waals surface area contributed by atoms with E-state index < -0.39 is 22.7 Å². The van der Waals surface area contributed by atoms with E-state index in [-0.39, 0.29) is 12.4 Å². The zero-order valence-corrected chi connectivity index (χ0v) is 15.4. The fourth-order valence-electron chi connectivity index (χ4n) is 1.86.